The van der Waals surface area contributed by atoms with Gasteiger partial charge in [0.25, 0.3) is 0 Å². The summed E-state index contributed by atoms with van der Waals surface area (Å²) < 4.78 is 1.67. The summed E-state index contributed by atoms with van der Waals surface area (Å²) in [7, 11) is 0. The van der Waals surface area contributed by atoms with Crippen LogP contribution < -0.4 is 0 Å². The Hall–Kier alpha value is -1.76. The molecule has 7 heteroatoms. The lowest BCUT2D eigenvalue weighted by molar-refractivity contribution is -0.138. The van der Waals surface area contributed by atoms with Gasteiger partial charge in [-0.2, -0.15) is 11.3 Å². The number of nitrogens with zero attached hydrogens (tertiary/aromatic N) is 4. The smallest absolute Gasteiger partial charge is 0.305 e. The summed E-state index contributed by atoms with van der Waals surface area (Å²) in [5, 5.41) is 24.6. The van der Waals surface area contributed by atoms with Crippen molar-refractivity contribution in [1.29, 1.82) is 0 Å². The zero-order valence-corrected chi connectivity index (χ0v) is 10.4. The van der Waals surface area contributed by atoms with Crippen LogP contribution in [0.25, 0.3) is 11.4 Å². The molecule has 18 heavy (non-hydrogen) atoms. The second-order valence-electron chi connectivity index (χ2n) is 4.46. The molecule has 6 nitrogen and oxygen atoms in total. The molecule has 0 spiro atoms. The molecule has 1 aliphatic rings. The molecule has 2 heterocycles. The predicted octanol–water partition coefficient (Wildman–Crippen LogP) is 1.83. The van der Waals surface area contributed by atoms with Crippen molar-refractivity contribution in [2.45, 2.75) is 25.3 Å². The average molecular weight is 264 g/mol. The van der Waals surface area contributed by atoms with Gasteiger partial charge in [0.1, 0.15) is 0 Å². The number of carbonyl (C=O) groups is 1. The summed E-state index contributed by atoms with van der Waals surface area (Å²) in [6.45, 7) is 0. The Morgan fingerprint density at radius 3 is 3.06 bits per heavy atom. The molecule has 1 atom stereocenters. The summed E-state index contributed by atoms with van der Waals surface area (Å²) in [5.74, 6) is 0.245. The molecule has 0 aliphatic heterocycles. The quantitative estimate of drug-likeness (QED) is 0.891. The highest BCUT2D eigenvalue weighted by Crippen LogP contribution is 2.42. The van der Waals surface area contributed by atoms with E-state index in [1.54, 1.807) is 16.0 Å². The Kier molecular flexibility index (Phi) is 2.83. The monoisotopic (exact) mass is 264 g/mol. The maximum Gasteiger partial charge on any atom is 0.305 e. The SMILES string of the molecule is O=C(O)CC(C1CC1)n1nnnc1-c1ccsc1. The molecule has 0 saturated heterocycles. The minimum Gasteiger partial charge on any atom is -0.481 e. The van der Waals surface area contributed by atoms with Gasteiger partial charge >= 0.3 is 5.97 Å². The van der Waals surface area contributed by atoms with Gasteiger partial charge in [-0.15, -0.1) is 5.10 Å². The van der Waals surface area contributed by atoms with Crippen LogP contribution in [0.5, 0.6) is 0 Å². The third-order valence-electron chi connectivity index (χ3n) is 3.14. The van der Waals surface area contributed by atoms with Crippen LogP contribution in [-0.2, 0) is 4.79 Å². The van der Waals surface area contributed by atoms with Gasteiger partial charge in [-0.3, -0.25) is 4.79 Å². The molecule has 1 unspecified atom stereocenters. The van der Waals surface area contributed by atoms with Crippen molar-refractivity contribution in [2.75, 3.05) is 0 Å². The molecule has 2 aromatic rings. The van der Waals surface area contributed by atoms with Crippen molar-refractivity contribution in [3.63, 3.8) is 0 Å². The van der Waals surface area contributed by atoms with Crippen LogP contribution in [0.4, 0.5) is 0 Å². The first kappa shape index (κ1) is 11.3. The molecule has 1 N–H and O–H groups in total. The molecule has 0 radical (unpaired) electrons. The predicted molar refractivity (Wildman–Crippen MR) is 65.1 cm³/mol. The zero-order chi connectivity index (χ0) is 12.5. The lowest BCUT2D eigenvalue weighted by Gasteiger charge is -2.15. The second-order valence-corrected chi connectivity index (χ2v) is 5.24. The van der Waals surface area contributed by atoms with E-state index >= 15 is 0 Å². The summed E-state index contributed by atoms with van der Waals surface area (Å²) >= 11 is 1.57. The number of aromatic nitrogens is 4. The van der Waals surface area contributed by atoms with Crippen molar-refractivity contribution in [1.82, 2.24) is 20.2 Å². The third kappa shape index (κ3) is 2.13. The fraction of sp³-hybridized carbons (Fsp3) is 0.455. The van der Waals surface area contributed by atoms with Crippen LogP contribution in [0.1, 0.15) is 25.3 Å². The van der Waals surface area contributed by atoms with E-state index in [0.717, 1.165) is 18.4 Å². The Morgan fingerprint density at radius 1 is 1.61 bits per heavy atom. The summed E-state index contributed by atoms with van der Waals surface area (Å²) in [5.41, 5.74) is 0.945. The second kappa shape index (κ2) is 4.49. The van der Waals surface area contributed by atoms with E-state index in [2.05, 4.69) is 15.5 Å². The standard InChI is InChI=1S/C11H12N4O2S/c16-10(17)5-9(7-1-2-7)15-11(12-13-14-15)8-3-4-18-6-8/h3-4,6-7,9H,1-2,5H2,(H,16,17). The van der Waals surface area contributed by atoms with Gasteiger partial charge in [-0.25, -0.2) is 4.68 Å². The van der Waals surface area contributed by atoms with Crippen molar-refractivity contribution < 1.29 is 9.90 Å². The van der Waals surface area contributed by atoms with Gasteiger partial charge in [0.15, 0.2) is 5.82 Å². The number of hydrogen-bond donors (Lipinski definition) is 1. The molecular formula is C11H12N4O2S. The first-order valence-electron chi connectivity index (χ1n) is 5.78. The van der Waals surface area contributed by atoms with E-state index in [1.165, 1.54) is 0 Å². The maximum absolute atomic E-state index is 11.0. The number of tetrazole rings is 1. The van der Waals surface area contributed by atoms with Crippen molar-refractivity contribution in [3.05, 3.63) is 16.8 Å². The summed E-state index contributed by atoms with van der Waals surface area (Å²) in [6, 6.07) is 1.81. The largest absolute Gasteiger partial charge is 0.481 e. The van der Waals surface area contributed by atoms with Gasteiger partial charge < -0.3 is 5.11 Å². The van der Waals surface area contributed by atoms with Crippen LogP contribution in [0, 0.1) is 5.92 Å². The third-order valence-corrected chi connectivity index (χ3v) is 3.82. The Morgan fingerprint density at radius 2 is 2.44 bits per heavy atom. The lowest BCUT2D eigenvalue weighted by Crippen LogP contribution is -2.18. The molecule has 1 aliphatic carbocycles. The molecule has 94 valence electrons. The highest BCUT2D eigenvalue weighted by Gasteiger charge is 2.36. The molecule has 0 aromatic carbocycles. The molecule has 2 aromatic heterocycles. The van der Waals surface area contributed by atoms with E-state index in [4.69, 9.17) is 5.11 Å². The van der Waals surface area contributed by atoms with Crippen LogP contribution in [0.15, 0.2) is 16.8 Å². The van der Waals surface area contributed by atoms with E-state index < -0.39 is 5.97 Å². The molecule has 1 fully saturated rings. The Labute approximate surface area is 107 Å². The fourth-order valence-electron chi connectivity index (χ4n) is 2.11. The molecule has 0 bridgehead atoms. The minimum absolute atomic E-state index is 0.0762. The molecule has 3 rings (SSSR count). The Balaban J connectivity index is 1.95. The van der Waals surface area contributed by atoms with Gasteiger partial charge in [0, 0.05) is 10.9 Å². The van der Waals surface area contributed by atoms with Crippen LogP contribution >= 0.6 is 11.3 Å². The zero-order valence-electron chi connectivity index (χ0n) is 9.56. The van der Waals surface area contributed by atoms with Gasteiger partial charge in [-0.1, -0.05) is 0 Å². The summed E-state index contributed by atoms with van der Waals surface area (Å²) in [6.07, 6.45) is 2.19. The van der Waals surface area contributed by atoms with Gasteiger partial charge in [-0.05, 0) is 40.6 Å². The normalized spacial score (nSPS) is 16.7. The average Bonchev–Trinajstić information content (AvgIpc) is 2.86. The molecular weight excluding hydrogens is 252 g/mol. The van der Waals surface area contributed by atoms with Crippen molar-refractivity contribution in [2.24, 2.45) is 5.92 Å². The number of aliphatic carboxylic acids is 1. The molecule has 1 saturated carbocycles. The molecule has 0 amide bonds. The van der Waals surface area contributed by atoms with Crippen molar-refractivity contribution >= 4 is 17.3 Å². The van der Waals surface area contributed by atoms with Crippen LogP contribution in [-0.4, -0.2) is 31.3 Å². The number of thiophene rings is 1. The van der Waals surface area contributed by atoms with Gasteiger partial charge in [0.05, 0.1) is 12.5 Å². The Bertz CT molecular complexity index is 547. The fourth-order valence-corrected chi connectivity index (χ4v) is 2.75. The first-order valence-corrected chi connectivity index (χ1v) is 6.72. The number of rotatable bonds is 5. The lowest BCUT2D eigenvalue weighted by atomic mass is 10.1. The van der Waals surface area contributed by atoms with E-state index in [0.29, 0.717) is 11.7 Å². The highest BCUT2D eigenvalue weighted by molar-refractivity contribution is 7.08. The van der Waals surface area contributed by atoms with E-state index in [1.807, 2.05) is 16.8 Å². The van der Waals surface area contributed by atoms with Crippen LogP contribution in [0.2, 0.25) is 0 Å². The minimum atomic E-state index is -0.807. The maximum atomic E-state index is 11.0. The number of carboxylic acid groups (broad SMARTS) is 1. The van der Waals surface area contributed by atoms with Gasteiger partial charge in [0.2, 0.25) is 0 Å². The highest BCUT2D eigenvalue weighted by atomic mass is 32.1. The topological polar surface area (TPSA) is 80.9 Å². The van der Waals surface area contributed by atoms with Crippen molar-refractivity contribution in [3.8, 4) is 11.4 Å². The number of carboxylic acids is 1. The van der Waals surface area contributed by atoms with Crippen LogP contribution in [0.3, 0.4) is 0 Å². The van der Waals surface area contributed by atoms with E-state index in [-0.39, 0.29) is 12.5 Å². The number of hydrogen-bond acceptors (Lipinski definition) is 5. The van der Waals surface area contributed by atoms with E-state index in [9.17, 15) is 4.79 Å². The first-order chi connectivity index (χ1) is 8.75. The summed E-state index contributed by atoms with van der Waals surface area (Å²) in [4.78, 5) is 11.0.